The topological polar surface area (TPSA) is 83.1 Å². The monoisotopic (exact) mass is 500 g/mol. The number of aromatic amines is 2. The molecule has 38 heavy (non-hydrogen) atoms. The zero-order valence-corrected chi connectivity index (χ0v) is 21.7. The van der Waals surface area contributed by atoms with Crippen LogP contribution in [0.1, 0.15) is 50.2 Å². The summed E-state index contributed by atoms with van der Waals surface area (Å²) in [6.45, 7) is 6.45. The van der Waals surface area contributed by atoms with Crippen LogP contribution in [-0.4, -0.2) is 30.1 Å². The van der Waals surface area contributed by atoms with Crippen molar-refractivity contribution in [1.29, 1.82) is 0 Å². The van der Waals surface area contributed by atoms with E-state index in [4.69, 9.17) is 0 Å². The van der Waals surface area contributed by atoms with Gasteiger partial charge in [0.1, 0.15) is 5.69 Å². The van der Waals surface area contributed by atoms with Gasteiger partial charge in [0.15, 0.2) is 0 Å². The molecule has 2 N–H and O–H groups in total. The van der Waals surface area contributed by atoms with Gasteiger partial charge in [-0.1, -0.05) is 50.8 Å². The molecule has 5 heterocycles. The van der Waals surface area contributed by atoms with Crippen LogP contribution in [0.2, 0.25) is 0 Å². The van der Waals surface area contributed by atoms with Crippen LogP contribution >= 0.6 is 0 Å². The number of allylic oxidation sites excluding steroid dienone is 2. The predicted molar refractivity (Wildman–Crippen MR) is 154 cm³/mol. The van der Waals surface area contributed by atoms with Crippen LogP contribution in [0.5, 0.6) is 0 Å². The molecule has 1 aliphatic rings. The third kappa shape index (κ3) is 4.94. The lowest BCUT2D eigenvalue weighted by Crippen LogP contribution is -2.21. The van der Waals surface area contributed by atoms with Crippen LogP contribution < -0.4 is 10.6 Å². The number of nitrogens with one attached hydrogen (secondary N) is 2. The molecule has 6 nitrogen and oxygen atoms in total. The summed E-state index contributed by atoms with van der Waals surface area (Å²) < 4.78 is 0. The molecule has 1 fully saturated rings. The Labute approximate surface area is 222 Å². The first-order valence-electron chi connectivity index (χ1n) is 13.4. The quantitative estimate of drug-likeness (QED) is 0.307. The summed E-state index contributed by atoms with van der Waals surface area (Å²) in [5.41, 5.74) is 8.01. The molecule has 0 amide bonds. The molecule has 0 atom stereocenters. The van der Waals surface area contributed by atoms with E-state index in [1.165, 1.54) is 37.7 Å². The Morgan fingerprint density at radius 3 is 2.76 bits per heavy atom. The Balaban J connectivity index is 1.27. The van der Waals surface area contributed by atoms with Crippen molar-refractivity contribution in [3.8, 4) is 22.8 Å². The van der Waals surface area contributed by atoms with Crippen LogP contribution in [0.25, 0.3) is 51.9 Å². The first-order valence-corrected chi connectivity index (χ1v) is 13.4. The van der Waals surface area contributed by atoms with E-state index >= 15 is 0 Å². The fourth-order valence-electron chi connectivity index (χ4n) is 5.47. The lowest BCUT2D eigenvalue weighted by molar-refractivity contribution is 0.356. The molecule has 0 unspecified atom stereocenters. The smallest absolute Gasteiger partial charge is 0.116 e. The Hall–Kier alpha value is -4.32. The zero-order valence-electron chi connectivity index (χ0n) is 21.7. The molecule has 0 bridgehead atoms. The van der Waals surface area contributed by atoms with Crippen LogP contribution in [0, 0.1) is 5.92 Å². The molecule has 0 aromatic carbocycles. The van der Waals surface area contributed by atoms with Crippen molar-refractivity contribution in [3.63, 3.8) is 0 Å². The van der Waals surface area contributed by atoms with Gasteiger partial charge in [-0.25, -0.2) is 0 Å². The first-order chi connectivity index (χ1) is 18.7. The van der Waals surface area contributed by atoms with E-state index in [2.05, 4.69) is 61.8 Å². The Bertz CT molecular complexity index is 1700. The predicted octanol–water partition coefficient (Wildman–Crippen LogP) is 5.83. The Morgan fingerprint density at radius 2 is 1.92 bits per heavy atom. The number of pyridine rings is 3. The zero-order chi connectivity index (χ0) is 25.9. The van der Waals surface area contributed by atoms with Gasteiger partial charge in [0, 0.05) is 40.9 Å². The molecular weight excluding hydrogens is 468 g/mol. The second kappa shape index (κ2) is 10.6. The second-order valence-corrected chi connectivity index (χ2v) is 10.3. The summed E-state index contributed by atoms with van der Waals surface area (Å²) in [5.74, 6) is 0.800. The van der Waals surface area contributed by atoms with E-state index in [9.17, 15) is 0 Å². The van der Waals surface area contributed by atoms with Crippen LogP contribution in [0.4, 0.5) is 0 Å². The average molecular weight is 501 g/mol. The number of fused-ring (bicyclic) bond motifs is 1. The van der Waals surface area contributed by atoms with Crippen molar-refractivity contribution < 1.29 is 0 Å². The number of nitrogens with zero attached hydrogens (tertiary/aromatic N) is 4. The highest BCUT2D eigenvalue weighted by Gasteiger charge is 2.15. The van der Waals surface area contributed by atoms with E-state index in [0.717, 1.165) is 67.7 Å². The summed E-state index contributed by atoms with van der Waals surface area (Å²) in [7, 11) is 0. The maximum absolute atomic E-state index is 4.59. The van der Waals surface area contributed by atoms with E-state index in [0.29, 0.717) is 0 Å². The van der Waals surface area contributed by atoms with Gasteiger partial charge in [-0.15, -0.1) is 0 Å². The van der Waals surface area contributed by atoms with Crippen molar-refractivity contribution in [3.05, 3.63) is 89.0 Å². The highest BCUT2D eigenvalue weighted by molar-refractivity contribution is 5.95. The van der Waals surface area contributed by atoms with Crippen molar-refractivity contribution >= 4 is 29.1 Å². The number of H-pyrrole nitrogens is 2. The molecule has 0 radical (unpaired) electrons. The molecule has 0 aliphatic heterocycles. The van der Waals surface area contributed by atoms with Crippen LogP contribution in [0.15, 0.2) is 67.3 Å². The van der Waals surface area contributed by atoms with Gasteiger partial charge in [-0.2, -0.15) is 5.10 Å². The molecule has 1 saturated carbocycles. The minimum atomic E-state index is 0.793. The minimum Gasteiger partial charge on any atom is -0.353 e. The summed E-state index contributed by atoms with van der Waals surface area (Å²) in [6, 6.07) is 12.2. The normalized spacial score (nSPS) is 15.4. The first kappa shape index (κ1) is 24.0. The van der Waals surface area contributed by atoms with Crippen LogP contribution in [0.3, 0.4) is 0 Å². The number of hydrogen-bond donors (Lipinski definition) is 2. The summed E-state index contributed by atoms with van der Waals surface area (Å²) in [4.78, 5) is 17.1. The minimum absolute atomic E-state index is 0.793. The maximum Gasteiger partial charge on any atom is 0.116 e. The standard InChI is InChI=1S/C32H32N6/c1-21(25-17-24(19-33-20-25)16-23-8-4-3-5-9-23)11-12-27-22(2)31(38-37-27)30-18-26-28(36-30)13-15-35-32(26)29-10-6-7-14-34-29/h6-7,10-15,17-20,23,36-37H,2-5,8-9,16H2,1H3/b21-11+,27-12+. The van der Waals surface area contributed by atoms with Gasteiger partial charge in [0.25, 0.3) is 0 Å². The van der Waals surface area contributed by atoms with Crippen molar-refractivity contribution in [2.75, 3.05) is 0 Å². The fourth-order valence-corrected chi connectivity index (χ4v) is 5.47. The van der Waals surface area contributed by atoms with E-state index in [-0.39, 0.29) is 0 Å². The fraction of sp³-hybridized carbons (Fsp3) is 0.250. The van der Waals surface area contributed by atoms with Gasteiger partial charge in [0.2, 0.25) is 0 Å². The van der Waals surface area contributed by atoms with Gasteiger partial charge >= 0.3 is 0 Å². The van der Waals surface area contributed by atoms with Crippen molar-refractivity contribution in [2.45, 2.75) is 45.4 Å². The molecule has 5 aromatic heterocycles. The maximum atomic E-state index is 4.59. The Morgan fingerprint density at radius 1 is 1.03 bits per heavy atom. The molecular formula is C32H32N6. The Kier molecular flexibility index (Phi) is 6.69. The molecule has 0 spiro atoms. The van der Waals surface area contributed by atoms with Gasteiger partial charge in [0.05, 0.1) is 22.4 Å². The van der Waals surface area contributed by atoms with Crippen molar-refractivity contribution in [2.24, 2.45) is 5.92 Å². The molecule has 6 rings (SSSR count). The van der Waals surface area contributed by atoms with Gasteiger partial charge in [-0.3, -0.25) is 20.1 Å². The summed E-state index contributed by atoms with van der Waals surface area (Å²) >= 11 is 0. The molecule has 6 heteroatoms. The third-order valence-electron chi connectivity index (χ3n) is 7.61. The van der Waals surface area contributed by atoms with E-state index in [1.54, 1.807) is 12.4 Å². The molecule has 5 aromatic rings. The van der Waals surface area contributed by atoms with Crippen molar-refractivity contribution in [1.82, 2.24) is 30.1 Å². The number of hydrogen-bond acceptors (Lipinski definition) is 4. The molecule has 190 valence electrons. The SMILES string of the molecule is C=c1c(-c2cc3c(-c4ccccn4)nccc3[nH]2)n[nH]/c1=C/C=C(\C)c1cncc(CC2CCCCC2)c1. The summed E-state index contributed by atoms with van der Waals surface area (Å²) in [6.07, 6.45) is 19.7. The molecule has 1 aliphatic carbocycles. The highest BCUT2D eigenvalue weighted by atomic mass is 15.1. The van der Waals surface area contributed by atoms with E-state index in [1.807, 2.05) is 42.7 Å². The van der Waals surface area contributed by atoms with Gasteiger partial charge in [-0.05, 0) is 72.4 Å². The third-order valence-corrected chi connectivity index (χ3v) is 7.61. The van der Waals surface area contributed by atoms with Crippen LogP contribution in [-0.2, 0) is 6.42 Å². The second-order valence-electron chi connectivity index (χ2n) is 10.3. The average Bonchev–Trinajstić information content (AvgIpc) is 3.56. The summed E-state index contributed by atoms with van der Waals surface area (Å²) in [5, 5.41) is 10.5. The lowest BCUT2D eigenvalue weighted by Gasteiger charge is -2.21. The number of rotatable bonds is 6. The largest absolute Gasteiger partial charge is 0.353 e. The molecule has 0 saturated heterocycles. The number of aromatic nitrogens is 6. The highest BCUT2D eigenvalue weighted by Crippen LogP contribution is 2.29. The van der Waals surface area contributed by atoms with Gasteiger partial charge < -0.3 is 4.98 Å². The van der Waals surface area contributed by atoms with E-state index < -0.39 is 0 Å². The lowest BCUT2D eigenvalue weighted by atomic mass is 9.85.